The first kappa shape index (κ1) is 17.4. The van der Waals surface area contributed by atoms with Crippen molar-refractivity contribution in [2.75, 3.05) is 7.11 Å². The van der Waals surface area contributed by atoms with Crippen LogP contribution in [-0.4, -0.2) is 18.3 Å². The quantitative estimate of drug-likeness (QED) is 0.820. The summed E-state index contributed by atoms with van der Waals surface area (Å²) in [4.78, 5) is 0. The van der Waals surface area contributed by atoms with Crippen LogP contribution < -0.4 is 10.1 Å². The summed E-state index contributed by atoms with van der Waals surface area (Å²) in [7, 11) is 1.66. The second kappa shape index (κ2) is 8.09. The molecule has 0 aliphatic carbocycles. The molecular weight excluding hydrogens is 293 g/mol. The highest BCUT2D eigenvalue weighted by molar-refractivity contribution is 5.30. The zero-order chi connectivity index (χ0) is 16.8. The molecule has 2 aromatic carbocycles. The predicted molar refractivity (Wildman–Crippen MR) is 90.0 cm³/mol. The second-order valence-electron chi connectivity index (χ2n) is 5.82. The van der Waals surface area contributed by atoms with E-state index in [0.717, 1.165) is 11.3 Å². The molecule has 0 saturated heterocycles. The number of nitrogens with one attached hydrogen (secondary N) is 1. The van der Waals surface area contributed by atoms with Crippen molar-refractivity contribution in [3.8, 4) is 5.75 Å². The molecule has 0 aromatic heterocycles. The highest BCUT2D eigenvalue weighted by atomic mass is 19.1. The predicted octanol–water partition coefficient (Wildman–Crippen LogP) is 3.61. The molecule has 2 rings (SSSR count). The first-order chi connectivity index (χ1) is 11.0. The number of ether oxygens (including phenoxy) is 1. The van der Waals surface area contributed by atoms with Gasteiger partial charge in [0.05, 0.1) is 13.7 Å². The molecule has 0 spiro atoms. The minimum Gasteiger partial charge on any atom is -0.497 e. The molecule has 2 atom stereocenters. The van der Waals surface area contributed by atoms with Crippen LogP contribution in [0.5, 0.6) is 5.75 Å². The van der Waals surface area contributed by atoms with Crippen molar-refractivity contribution in [2.24, 2.45) is 0 Å². The summed E-state index contributed by atoms with van der Waals surface area (Å²) in [6.45, 7) is 4.65. The fourth-order valence-corrected chi connectivity index (χ4v) is 2.51. The second-order valence-corrected chi connectivity index (χ2v) is 5.82. The van der Waals surface area contributed by atoms with E-state index in [0.29, 0.717) is 18.0 Å². The Balaban J connectivity index is 1.96. The number of benzene rings is 2. The van der Waals surface area contributed by atoms with E-state index >= 15 is 0 Å². The Bertz CT molecular complexity index is 628. The molecule has 124 valence electrons. The van der Waals surface area contributed by atoms with Crippen LogP contribution in [0.15, 0.2) is 42.5 Å². The van der Waals surface area contributed by atoms with Gasteiger partial charge in [0, 0.05) is 18.2 Å². The van der Waals surface area contributed by atoms with E-state index in [1.54, 1.807) is 19.2 Å². The SMILES string of the molecule is COc1ccc(C(C)C(C)NCc2ccc(F)c(CO)c2)cc1. The van der Waals surface area contributed by atoms with Crippen LogP contribution in [0.1, 0.15) is 36.5 Å². The Morgan fingerprint density at radius 1 is 1.13 bits per heavy atom. The van der Waals surface area contributed by atoms with Gasteiger partial charge in [0.2, 0.25) is 0 Å². The molecule has 3 nitrogen and oxygen atoms in total. The summed E-state index contributed by atoms with van der Waals surface area (Å²) < 4.78 is 18.6. The standard InChI is InChI=1S/C19H24FNO2/c1-13(16-5-7-18(23-3)8-6-16)14(2)21-11-15-4-9-19(20)17(10-15)12-22/h4-10,13-14,21-22H,11-12H2,1-3H3. The monoisotopic (exact) mass is 317 g/mol. The number of halogens is 1. The third-order valence-corrected chi connectivity index (χ3v) is 4.30. The maximum atomic E-state index is 13.4. The van der Waals surface area contributed by atoms with Crippen LogP contribution in [0.2, 0.25) is 0 Å². The van der Waals surface area contributed by atoms with E-state index < -0.39 is 0 Å². The maximum absolute atomic E-state index is 13.4. The van der Waals surface area contributed by atoms with Crippen molar-refractivity contribution < 1.29 is 14.2 Å². The molecule has 0 radical (unpaired) electrons. The molecule has 2 aromatic rings. The minimum atomic E-state index is -0.365. The van der Waals surface area contributed by atoms with Crippen molar-refractivity contribution in [1.82, 2.24) is 5.32 Å². The van der Waals surface area contributed by atoms with Gasteiger partial charge in [-0.3, -0.25) is 0 Å². The zero-order valence-corrected chi connectivity index (χ0v) is 13.8. The number of hydrogen-bond donors (Lipinski definition) is 2. The molecular formula is C19H24FNO2. The van der Waals surface area contributed by atoms with Gasteiger partial charge in [-0.1, -0.05) is 25.1 Å². The van der Waals surface area contributed by atoms with E-state index in [4.69, 9.17) is 9.84 Å². The van der Waals surface area contributed by atoms with Gasteiger partial charge in [0.15, 0.2) is 0 Å². The van der Waals surface area contributed by atoms with Crippen molar-refractivity contribution >= 4 is 0 Å². The van der Waals surface area contributed by atoms with Crippen molar-refractivity contribution in [3.63, 3.8) is 0 Å². The molecule has 23 heavy (non-hydrogen) atoms. The molecule has 0 amide bonds. The molecule has 0 saturated carbocycles. The average Bonchev–Trinajstić information content (AvgIpc) is 2.60. The van der Waals surface area contributed by atoms with Crippen molar-refractivity contribution in [2.45, 2.75) is 39.0 Å². The van der Waals surface area contributed by atoms with E-state index in [1.807, 2.05) is 12.1 Å². The summed E-state index contributed by atoms with van der Waals surface area (Å²) in [5.41, 5.74) is 2.53. The maximum Gasteiger partial charge on any atom is 0.128 e. The Morgan fingerprint density at radius 3 is 2.43 bits per heavy atom. The van der Waals surface area contributed by atoms with Crippen LogP contribution in [0.4, 0.5) is 4.39 Å². The first-order valence-corrected chi connectivity index (χ1v) is 7.80. The smallest absolute Gasteiger partial charge is 0.128 e. The van der Waals surface area contributed by atoms with Gasteiger partial charge >= 0.3 is 0 Å². The summed E-state index contributed by atoms with van der Waals surface area (Å²) in [6, 6.07) is 13.2. The van der Waals surface area contributed by atoms with Crippen LogP contribution >= 0.6 is 0 Å². The van der Waals surface area contributed by atoms with Crippen LogP contribution in [-0.2, 0) is 13.2 Å². The molecule has 0 aliphatic rings. The van der Waals surface area contributed by atoms with Gasteiger partial charge in [0.25, 0.3) is 0 Å². The molecule has 2 N–H and O–H groups in total. The molecule has 2 unspecified atom stereocenters. The van der Waals surface area contributed by atoms with E-state index in [2.05, 4.69) is 31.3 Å². The lowest BCUT2D eigenvalue weighted by Crippen LogP contribution is -2.30. The molecule has 0 heterocycles. The van der Waals surface area contributed by atoms with Gasteiger partial charge in [-0.15, -0.1) is 0 Å². The van der Waals surface area contributed by atoms with Crippen LogP contribution in [0.25, 0.3) is 0 Å². The number of rotatable bonds is 7. The van der Waals surface area contributed by atoms with Crippen molar-refractivity contribution in [3.05, 3.63) is 65.0 Å². The summed E-state index contributed by atoms with van der Waals surface area (Å²) in [6.07, 6.45) is 0. The number of aliphatic hydroxyl groups is 1. The van der Waals surface area contributed by atoms with Gasteiger partial charge in [-0.25, -0.2) is 4.39 Å². The van der Waals surface area contributed by atoms with Crippen molar-refractivity contribution in [1.29, 1.82) is 0 Å². The summed E-state index contributed by atoms with van der Waals surface area (Å²) in [5.74, 6) is 0.818. The topological polar surface area (TPSA) is 41.5 Å². The number of aliphatic hydroxyl groups excluding tert-OH is 1. The fourth-order valence-electron chi connectivity index (χ4n) is 2.51. The third-order valence-electron chi connectivity index (χ3n) is 4.30. The van der Waals surface area contributed by atoms with Crippen LogP contribution in [0, 0.1) is 5.82 Å². The Labute approximate surface area is 137 Å². The fraction of sp³-hybridized carbons (Fsp3) is 0.368. The van der Waals surface area contributed by atoms with E-state index in [1.165, 1.54) is 11.6 Å². The largest absolute Gasteiger partial charge is 0.497 e. The minimum absolute atomic E-state index is 0.256. The van der Waals surface area contributed by atoms with E-state index in [9.17, 15) is 4.39 Å². The van der Waals surface area contributed by atoms with Gasteiger partial charge in [-0.2, -0.15) is 0 Å². The highest BCUT2D eigenvalue weighted by Gasteiger charge is 2.14. The Morgan fingerprint density at radius 2 is 1.83 bits per heavy atom. The molecule has 0 fully saturated rings. The summed E-state index contributed by atoms with van der Waals surface area (Å²) >= 11 is 0. The lowest BCUT2D eigenvalue weighted by molar-refractivity contribution is 0.275. The molecule has 0 bridgehead atoms. The Kier molecular flexibility index (Phi) is 6.13. The summed E-state index contributed by atoms with van der Waals surface area (Å²) in [5, 5.41) is 12.6. The third kappa shape index (κ3) is 4.53. The Hall–Kier alpha value is -1.91. The molecule has 4 heteroatoms. The lowest BCUT2D eigenvalue weighted by atomic mass is 9.94. The molecule has 0 aliphatic heterocycles. The highest BCUT2D eigenvalue weighted by Crippen LogP contribution is 2.22. The zero-order valence-electron chi connectivity index (χ0n) is 13.8. The van der Waals surface area contributed by atoms with Gasteiger partial charge in [-0.05, 0) is 48.2 Å². The number of hydrogen-bond acceptors (Lipinski definition) is 3. The normalized spacial score (nSPS) is 13.6. The van der Waals surface area contributed by atoms with E-state index in [-0.39, 0.29) is 18.5 Å². The number of methoxy groups -OCH3 is 1. The van der Waals surface area contributed by atoms with Crippen LogP contribution in [0.3, 0.4) is 0 Å². The van der Waals surface area contributed by atoms with Gasteiger partial charge in [0.1, 0.15) is 11.6 Å². The van der Waals surface area contributed by atoms with Gasteiger partial charge < -0.3 is 15.2 Å². The first-order valence-electron chi connectivity index (χ1n) is 7.80. The average molecular weight is 317 g/mol. The lowest BCUT2D eigenvalue weighted by Gasteiger charge is -2.22.